The third-order valence-electron chi connectivity index (χ3n) is 5.42. The number of hydrogen-bond acceptors (Lipinski definition) is 4. The number of amides is 1. The Morgan fingerprint density at radius 3 is 2.62 bits per heavy atom. The molecule has 0 bridgehead atoms. The molecule has 5 rings (SSSR count). The van der Waals surface area contributed by atoms with Gasteiger partial charge in [-0.05, 0) is 62.6 Å². The average Bonchev–Trinajstić information content (AvgIpc) is 3.13. The van der Waals surface area contributed by atoms with Crippen molar-refractivity contribution in [2.75, 3.05) is 4.90 Å². The number of para-hydroxylation sites is 1. The Balaban J connectivity index is 1.41. The smallest absolute Gasteiger partial charge is 0.270 e. The SMILES string of the molecule is O=C1/C(=C/c2ccccc2OCc2cccc3ccccc23)SC(=S)N1c1ccc(Br)c(Cl)c1. The van der Waals surface area contributed by atoms with E-state index in [1.165, 1.54) is 22.0 Å². The second-order valence-electron chi connectivity index (χ2n) is 7.58. The summed E-state index contributed by atoms with van der Waals surface area (Å²) in [5, 5.41) is 2.85. The van der Waals surface area contributed by atoms with E-state index in [0.29, 0.717) is 32.3 Å². The molecule has 0 unspecified atom stereocenters. The molecule has 0 saturated carbocycles. The number of carbonyl (C=O) groups is 1. The fourth-order valence-electron chi connectivity index (χ4n) is 3.76. The molecule has 3 nitrogen and oxygen atoms in total. The summed E-state index contributed by atoms with van der Waals surface area (Å²) in [6, 6.07) is 27.5. The molecule has 1 heterocycles. The van der Waals surface area contributed by atoms with Crippen LogP contribution in [-0.4, -0.2) is 10.2 Å². The van der Waals surface area contributed by atoms with E-state index in [9.17, 15) is 4.79 Å². The number of hydrogen-bond donors (Lipinski definition) is 0. The van der Waals surface area contributed by atoms with Crippen LogP contribution in [-0.2, 0) is 11.4 Å². The van der Waals surface area contributed by atoms with Gasteiger partial charge in [0.25, 0.3) is 5.91 Å². The third-order valence-corrected chi connectivity index (χ3v) is 7.96. The summed E-state index contributed by atoms with van der Waals surface area (Å²) in [5.74, 6) is 0.518. The minimum atomic E-state index is -0.183. The van der Waals surface area contributed by atoms with Crippen LogP contribution in [0, 0.1) is 0 Å². The summed E-state index contributed by atoms with van der Waals surface area (Å²) in [6.45, 7) is 0.421. The monoisotopic (exact) mass is 565 g/mol. The lowest BCUT2D eigenvalue weighted by Crippen LogP contribution is -2.27. The van der Waals surface area contributed by atoms with Gasteiger partial charge in [-0.1, -0.05) is 96.2 Å². The minimum absolute atomic E-state index is 0.183. The Hall–Kier alpha value is -2.64. The Morgan fingerprint density at radius 2 is 1.76 bits per heavy atom. The van der Waals surface area contributed by atoms with E-state index in [-0.39, 0.29) is 5.91 Å². The molecule has 0 aromatic heterocycles. The second-order valence-corrected chi connectivity index (χ2v) is 10.5. The van der Waals surface area contributed by atoms with E-state index in [1.54, 1.807) is 12.1 Å². The summed E-state index contributed by atoms with van der Waals surface area (Å²) in [4.78, 5) is 15.2. The van der Waals surface area contributed by atoms with Crippen LogP contribution >= 0.6 is 51.5 Å². The summed E-state index contributed by atoms with van der Waals surface area (Å²) in [7, 11) is 0. The van der Waals surface area contributed by atoms with Crippen molar-refractivity contribution in [2.45, 2.75) is 6.61 Å². The Labute approximate surface area is 220 Å². The third kappa shape index (κ3) is 4.64. The lowest BCUT2D eigenvalue weighted by molar-refractivity contribution is -0.113. The van der Waals surface area contributed by atoms with Crippen LogP contribution in [0.25, 0.3) is 16.8 Å². The second kappa shape index (κ2) is 9.92. The number of carbonyl (C=O) groups excluding carboxylic acids is 1. The zero-order valence-corrected chi connectivity index (χ0v) is 21.7. The Morgan fingerprint density at radius 1 is 1.00 bits per heavy atom. The Bertz CT molecular complexity index is 1460. The molecule has 0 radical (unpaired) electrons. The van der Waals surface area contributed by atoms with Crippen molar-refractivity contribution in [1.29, 1.82) is 0 Å². The number of fused-ring (bicyclic) bond motifs is 1. The molecule has 1 aliphatic rings. The number of nitrogens with zero attached hydrogens (tertiary/aromatic N) is 1. The molecule has 34 heavy (non-hydrogen) atoms. The molecular formula is C27H17BrClNO2S2. The van der Waals surface area contributed by atoms with Gasteiger partial charge in [0, 0.05) is 10.0 Å². The van der Waals surface area contributed by atoms with Gasteiger partial charge in [0.05, 0.1) is 15.6 Å². The van der Waals surface area contributed by atoms with E-state index < -0.39 is 0 Å². The lowest BCUT2D eigenvalue weighted by atomic mass is 10.1. The highest BCUT2D eigenvalue weighted by molar-refractivity contribution is 9.10. The van der Waals surface area contributed by atoms with Gasteiger partial charge < -0.3 is 4.74 Å². The van der Waals surface area contributed by atoms with Crippen molar-refractivity contribution < 1.29 is 9.53 Å². The summed E-state index contributed by atoms with van der Waals surface area (Å²) < 4.78 is 7.43. The normalized spacial score (nSPS) is 14.9. The first-order valence-corrected chi connectivity index (χ1v) is 12.8. The predicted octanol–water partition coefficient (Wildman–Crippen LogP) is 8.24. The van der Waals surface area contributed by atoms with Crippen molar-refractivity contribution in [1.82, 2.24) is 0 Å². The van der Waals surface area contributed by atoms with Crippen LogP contribution in [0.15, 0.2) is 94.3 Å². The largest absolute Gasteiger partial charge is 0.488 e. The average molecular weight is 567 g/mol. The number of rotatable bonds is 5. The molecule has 0 atom stereocenters. The molecule has 168 valence electrons. The number of halogens is 2. The van der Waals surface area contributed by atoms with E-state index in [4.69, 9.17) is 28.6 Å². The van der Waals surface area contributed by atoms with Crippen molar-refractivity contribution in [3.8, 4) is 5.75 Å². The molecule has 1 saturated heterocycles. The first-order valence-electron chi connectivity index (χ1n) is 10.4. The zero-order valence-electron chi connectivity index (χ0n) is 17.7. The van der Waals surface area contributed by atoms with Gasteiger partial charge in [0.2, 0.25) is 0 Å². The van der Waals surface area contributed by atoms with E-state index in [2.05, 4.69) is 40.2 Å². The predicted molar refractivity (Wildman–Crippen MR) is 150 cm³/mol. The molecule has 0 aliphatic carbocycles. The van der Waals surface area contributed by atoms with Gasteiger partial charge in [-0.3, -0.25) is 9.69 Å². The van der Waals surface area contributed by atoms with Crippen molar-refractivity contribution in [3.05, 3.63) is 110 Å². The zero-order chi connectivity index (χ0) is 23.7. The van der Waals surface area contributed by atoms with Crippen LogP contribution in [0.5, 0.6) is 5.75 Å². The maximum atomic E-state index is 13.2. The van der Waals surface area contributed by atoms with Gasteiger partial charge in [-0.15, -0.1) is 0 Å². The van der Waals surface area contributed by atoms with Crippen LogP contribution in [0.4, 0.5) is 5.69 Å². The van der Waals surface area contributed by atoms with Crippen LogP contribution in [0.2, 0.25) is 5.02 Å². The molecule has 1 amide bonds. The summed E-state index contributed by atoms with van der Waals surface area (Å²) in [6.07, 6.45) is 1.83. The fourth-order valence-corrected chi connectivity index (χ4v) is 5.47. The molecule has 1 aliphatic heterocycles. The van der Waals surface area contributed by atoms with Crippen LogP contribution in [0.1, 0.15) is 11.1 Å². The highest BCUT2D eigenvalue weighted by Gasteiger charge is 2.33. The molecular weight excluding hydrogens is 550 g/mol. The number of thiocarbonyl (C=S) groups is 1. The quantitative estimate of drug-likeness (QED) is 0.180. The number of ether oxygens (including phenoxy) is 1. The molecule has 4 aromatic carbocycles. The highest BCUT2D eigenvalue weighted by Crippen LogP contribution is 2.39. The summed E-state index contributed by atoms with van der Waals surface area (Å²) in [5.41, 5.74) is 2.56. The van der Waals surface area contributed by atoms with Crippen molar-refractivity contribution >= 4 is 84.3 Å². The molecule has 4 aromatic rings. The number of benzene rings is 4. The van der Waals surface area contributed by atoms with Gasteiger partial charge in [-0.25, -0.2) is 0 Å². The van der Waals surface area contributed by atoms with Crippen LogP contribution in [0.3, 0.4) is 0 Å². The lowest BCUT2D eigenvalue weighted by Gasteiger charge is -2.15. The fraction of sp³-hybridized carbons (Fsp3) is 0.0370. The van der Waals surface area contributed by atoms with E-state index in [1.807, 2.05) is 54.6 Å². The topological polar surface area (TPSA) is 29.5 Å². The number of anilines is 1. The first-order chi connectivity index (χ1) is 16.5. The Kier molecular flexibility index (Phi) is 6.75. The van der Waals surface area contributed by atoms with Gasteiger partial charge in [-0.2, -0.15) is 0 Å². The van der Waals surface area contributed by atoms with E-state index >= 15 is 0 Å². The maximum Gasteiger partial charge on any atom is 0.270 e. The van der Waals surface area contributed by atoms with Crippen molar-refractivity contribution in [2.24, 2.45) is 0 Å². The minimum Gasteiger partial charge on any atom is -0.488 e. The first kappa shape index (κ1) is 23.1. The van der Waals surface area contributed by atoms with Crippen molar-refractivity contribution in [3.63, 3.8) is 0 Å². The maximum absolute atomic E-state index is 13.2. The standard InChI is InChI=1S/C27H17BrClNO2S2/c28-22-13-12-20(15-23(22)29)30-26(31)25(34-27(30)33)14-18-7-2-4-11-24(18)32-16-19-9-5-8-17-6-1-3-10-21(17)19/h1-15H,16H2/b25-14-. The van der Waals surface area contributed by atoms with E-state index in [0.717, 1.165) is 21.0 Å². The van der Waals surface area contributed by atoms with Crippen LogP contribution < -0.4 is 9.64 Å². The molecule has 1 fully saturated rings. The molecule has 0 spiro atoms. The van der Waals surface area contributed by atoms with Gasteiger partial charge in [0.1, 0.15) is 12.4 Å². The van der Waals surface area contributed by atoms with Gasteiger partial charge >= 0.3 is 0 Å². The highest BCUT2D eigenvalue weighted by atomic mass is 79.9. The summed E-state index contributed by atoms with van der Waals surface area (Å²) >= 11 is 16.4. The van der Waals surface area contributed by atoms with Gasteiger partial charge in [0.15, 0.2) is 4.32 Å². The number of thioether (sulfide) groups is 1. The molecule has 0 N–H and O–H groups in total. The molecule has 7 heteroatoms.